The van der Waals surface area contributed by atoms with E-state index < -0.39 is 10.9 Å². The summed E-state index contributed by atoms with van der Waals surface area (Å²) in [5.41, 5.74) is 1.06. The van der Waals surface area contributed by atoms with Crippen LogP contribution in [-0.2, 0) is 4.84 Å². The number of nitrogens with zero attached hydrogens (tertiary/aromatic N) is 2. The average molecular weight is 358 g/mol. The van der Waals surface area contributed by atoms with E-state index in [-0.39, 0.29) is 5.69 Å². The summed E-state index contributed by atoms with van der Waals surface area (Å²) in [6.07, 6.45) is 0. The summed E-state index contributed by atoms with van der Waals surface area (Å²) in [5.74, 6) is -0.541. The van der Waals surface area contributed by atoms with E-state index in [1.807, 2.05) is 17.5 Å². The molecule has 0 N–H and O–H groups in total. The lowest BCUT2D eigenvalue weighted by Crippen LogP contribution is -2.06. The molecule has 24 heavy (non-hydrogen) atoms. The van der Waals surface area contributed by atoms with E-state index in [1.54, 1.807) is 29.6 Å². The van der Waals surface area contributed by atoms with E-state index in [0.717, 1.165) is 4.88 Å². The minimum Gasteiger partial charge on any atom is -0.311 e. The molecule has 0 aliphatic heterocycles. The number of hydrogen-bond acceptors (Lipinski definition) is 7. The molecule has 0 spiro atoms. The molecule has 0 bridgehead atoms. The zero-order valence-electron chi connectivity index (χ0n) is 12.1. The number of carbonyl (C=O) groups is 1. The van der Waals surface area contributed by atoms with Crippen LogP contribution in [0.3, 0.4) is 0 Å². The highest BCUT2D eigenvalue weighted by Gasteiger charge is 2.14. The standard InChI is InChI=1S/C16H10N2O4S2/c19-16(14-4-2-10-24-14)22-17-15(13-3-1-9-23-13)11-5-7-12(8-6-11)18(20)21/h1-10H. The number of hydrogen-bond donors (Lipinski definition) is 0. The van der Waals surface area contributed by atoms with Crippen molar-refractivity contribution in [3.05, 3.63) is 84.7 Å². The first-order valence-corrected chi connectivity index (χ1v) is 8.52. The van der Waals surface area contributed by atoms with Crippen LogP contribution >= 0.6 is 22.7 Å². The molecule has 120 valence electrons. The van der Waals surface area contributed by atoms with Gasteiger partial charge in [-0.2, -0.15) is 0 Å². The third-order valence-electron chi connectivity index (χ3n) is 3.05. The van der Waals surface area contributed by atoms with Gasteiger partial charge in [0.2, 0.25) is 0 Å². The predicted octanol–water partition coefficient (Wildman–Crippen LogP) is 4.33. The molecule has 0 unspecified atom stereocenters. The normalized spacial score (nSPS) is 11.2. The molecule has 0 saturated carbocycles. The van der Waals surface area contributed by atoms with Gasteiger partial charge in [-0.1, -0.05) is 17.3 Å². The molecule has 0 saturated heterocycles. The summed E-state index contributed by atoms with van der Waals surface area (Å²) in [4.78, 5) is 28.5. The minimum absolute atomic E-state index is 0.0140. The van der Waals surface area contributed by atoms with Gasteiger partial charge in [0, 0.05) is 17.7 Å². The van der Waals surface area contributed by atoms with Gasteiger partial charge in [-0.3, -0.25) is 10.1 Å². The second-order valence-electron chi connectivity index (χ2n) is 4.58. The fourth-order valence-electron chi connectivity index (χ4n) is 1.92. The Morgan fingerprint density at radius 1 is 1.00 bits per heavy atom. The zero-order valence-corrected chi connectivity index (χ0v) is 13.8. The summed E-state index contributed by atoms with van der Waals surface area (Å²) >= 11 is 2.70. The molecule has 0 atom stereocenters. The van der Waals surface area contributed by atoms with Gasteiger partial charge in [0.1, 0.15) is 10.6 Å². The topological polar surface area (TPSA) is 81.8 Å². The Balaban J connectivity index is 1.90. The fraction of sp³-hybridized carbons (Fsp3) is 0. The maximum atomic E-state index is 11.9. The van der Waals surface area contributed by atoms with E-state index in [9.17, 15) is 14.9 Å². The third-order valence-corrected chi connectivity index (χ3v) is 4.77. The highest BCUT2D eigenvalue weighted by Crippen LogP contribution is 2.20. The maximum Gasteiger partial charge on any atom is 0.375 e. The van der Waals surface area contributed by atoms with Crippen LogP contribution in [0.15, 0.2) is 64.4 Å². The first-order valence-electron chi connectivity index (χ1n) is 6.76. The van der Waals surface area contributed by atoms with E-state index in [0.29, 0.717) is 16.2 Å². The van der Waals surface area contributed by atoms with Crippen molar-refractivity contribution < 1.29 is 14.6 Å². The van der Waals surface area contributed by atoms with Gasteiger partial charge in [-0.15, -0.1) is 22.7 Å². The van der Waals surface area contributed by atoms with Gasteiger partial charge in [-0.25, -0.2) is 4.79 Å². The summed E-state index contributed by atoms with van der Waals surface area (Å²) in [6.45, 7) is 0. The maximum absolute atomic E-state index is 11.9. The summed E-state index contributed by atoms with van der Waals surface area (Å²) in [5, 5.41) is 18.4. The van der Waals surface area contributed by atoms with Crippen molar-refractivity contribution in [2.75, 3.05) is 0 Å². The quantitative estimate of drug-likeness (QED) is 0.294. The van der Waals surface area contributed by atoms with Gasteiger partial charge < -0.3 is 4.84 Å². The second-order valence-corrected chi connectivity index (χ2v) is 6.47. The molecule has 0 radical (unpaired) electrons. The van der Waals surface area contributed by atoms with Gasteiger partial charge in [0.25, 0.3) is 5.69 Å². The Morgan fingerprint density at radius 3 is 2.17 bits per heavy atom. The van der Waals surface area contributed by atoms with Crippen molar-refractivity contribution in [3.8, 4) is 0 Å². The Bertz CT molecular complexity index is 869. The monoisotopic (exact) mass is 358 g/mol. The van der Waals surface area contributed by atoms with E-state index >= 15 is 0 Å². The number of nitro benzene ring substituents is 1. The zero-order chi connectivity index (χ0) is 16.9. The Morgan fingerprint density at radius 2 is 1.62 bits per heavy atom. The Hall–Kier alpha value is -2.84. The van der Waals surface area contributed by atoms with Crippen LogP contribution in [0, 0.1) is 10.1 Å². The van der Waals surface area contributed by atoms with Crippen LogP contribution in [0.2, 0.25) is 0 Å². The molecule has 8 heteroatoms. The smallest absolute Gasteiger partial charge is 0.311 e. The Labute approximate surface area is 144 Å². The van der Waals surface area contributed by atoms with E-state index in [1.165, 1.54) is 34.8 Å². The van der Waals surface area contributed by atoms with Crippen molar-refractivity contribution in [3.63, 3.8) is 0 Å². The summed E-state index contributed by atoms with van der Waals surface area (Å²) in [7, 11) is 0. The number of nitro groups is 1. The van der Waals surface area contributed by atoms with Crippen LogP contribution in [0.4, 0.5) is 5.69 Å². The summed E-state index contributed by atoms with van der Waals surface area (Å²) in [6, 6.07) is 13.0. The average Bonchev–Trinajstić information content (AvgIpc) is 3.29. The molecule has 1 aromatic carbocycles. The van der Waals surface area contributed by atoms with Crippen molar-refractivity contribution in [2.24, 2.45) is 5.16 Å². The van der Waals surface area contributed by atoms with Crippen LogP contribution < -0.4 is 0 Å². The van der Waals surface area contributed by atoms with E-state index in [2.05, 4.69) is 5.16 Å². The SMILES string of the molecule is O=C(ON=C(c1ccc([N+](=O)[O-])cc1)c1cccs1)c1cccs1. The molecule has 0 fully saturated rings. The molecule has 0 amide bonds. The molecular formula is C16H10N2O4S2. The molecule has 0 aliphatic carbocycles. The molecule has 0 aliphatic rings. The van der Waals surface area contributed by atoms with Gasteiger partial charge >= 0.3 is 5.97 Å². The molecule has 2 heterocycles. The number of benzene rings is 1. The van der Waals surface area contributed by atoms with Crippen LogP contribution in [0.5, 0.6) is 0 Å². The first-order chi connectivity index (χ1) is 11.6. The first kappa shape index (κ1) is 16.0. The highest BCUT2D eigenvalue weighted by molar-refractivity contribution is 7.12. The van der Waals surface area contributed by atoms with Crippen molar-refractivity contribution in [1.82, 2.24) is 0 Å². The molecular weight excluding hydrogens is 348 g/mol. The van der Waals surface area contributed by atoms with Crippen LogP contribution in [-0.4, -0.2) is 16.6 Å². The van der Waals surface area contributed by atoms with Gasteiger partial charge in [0.15, 0.2) is 0 Å². The number of oxime groups is 1. The van der Waals surface area contributed by atoms with Crippen LogP contribution in [0.1, 0.15) is 20.1 Å². The number of carbonyl (C=O) groups excluding carboxylic acids is 1. The Kier molecular flexibility index (Phi) is 4.78. The van der Waals surface area contributed by atoms with Crippen LogP contribution in [0.25, 0.3) is 0 Å². The van der Waals surface area contributed by atoms with Crippen molar-refractivity contribution >= 4 is 40.0 Å². The molecule has 2 aromatic heterocycles. The highest BCUT2D eigenvalue weighted by atomic mass is 32.1. The molecule has 3 aromatic rings. The number of non-ortho nitro benzene ring substituents is 1. The predicted molar refractivity (Wildman–Crippen MR) is 92.8 cm³/mol. The van der Waals surface area contributed by atoms with Gasteiger partial charge in [0.05, 0.1) is 9.80 Å². The lowest BCUT2D eigenvalue weighted by molar-refractivity contribution is -0.384. The van der Waals surface area contributed by atoms with E-state index in [4.69, 9.17) is 4.84 Å². The second kappa shape index (κ2) is 7.16. The molecule has 6 nitrogen and oxygen atoms in total. The minimum atomic E-state index is -0.541. The number of thiophene rings is 2. The van der Waals surface area contributed by atoms with Gasteiger partial charge in [-0.05, 0) is 35.0 Å². The fourth-order valence-corrected chi connectivity index (χ4v) is 3.24. The van der Waals surface area contributed by atoms with Crippen molar-refractivity contribution in [2.45, 2.75) is 0 Å². The molecule has 3 rings (SSSR count). The lowest BCUT2D eigenvalue weighted by atomic mass is 10.1. The van der Waals surface area contributed by atoms with Crippen molar-refractivity contribution in [1.29, 1.82) is 0 Å². The summed E-state index contributed by atoms with van der Waals surface area (Å²) < 4.78 is 0. The third kappa shape index (κ3) is 3.55. The number of rotatable bonds is 5. The largest absolute Gasteiger partial charge is 0.375 e. The lowest BCUT2D eigenvalue weighted by Gasteiger charge is -2.04.